The summed E-state index contributed by atoms with van der Waals surface area (Å²) in [4.78, 5) is 6.60. The van der Waals surface area contributed by atoms with E-state index in [0.717, 1.165) is 54.1 Å². The number of piperidine rings is 1. The SMILES string of the molecule is CCOc1cncc(-c2cn(C(C)c3ccc(N4CCC[C@@H](NCC5CCC5)C4)nn3)nn2)c1. The molecule has 1 unspecified atom stereocenters. The molecule has 0 aromatic carbocycles. The summed E-state index contributed by atoms with van der Waals surface area (Å²) in [6.07, 6.45) is 12.0. The van der Waals surface area contributed by atoms with E-state index in [-0.39, 0.29) is 6.04 Å². The highest BCUT2D eigenvalue weighted by Crippen LogP contribution is 2.26. The van der Waals surface area contributed by atoms with Crippen molar-refractivity contribution in [3.05, 3.63) is 42.5 Å². The van der Waals surface area contributed by atoms with Gasteiger partial charge in [-0.05, 0) is 70.2 Å². The second-order valence-corrected chi connectivity index (χ2v) is 9.41. The minimum Gasteiger partial charge on any atom is -0.492 e. The third kappa shape index (κ3) is 5.19. The predicted molar refractivity (Wildman–Crippen MR) is 131 cm³/mol. The van der Waals surface area contributed by atoms with Gasteiger partial charge in [-0.3, -0.25) is 4.98 Å². The molecule has 5 rings (SSSR count). The van der Waals surface area contributed by atoms with E-state index in [9.17, 15) is 0 Å². The molecule has 3 aromatic rings. The van der Waals surface area contributed by atoms with Crippen molar-refractivity contribution in [2.45, 2.75) is 58.0 Å². The summed E-state index contributed by atoms with van der Waals surface area (Å²) in [5.74, 6) is 2.56. The van der Waals surface area contributed by atoms with Crippen molar-refractivity contribution in [2.75, 3.05) is 31.1 Å². The average molecular weight is 463 g/mol. The van der Waals surface area contributed by atoms with Crippen LogP contribution in [0.25, 0.3) is 11.3 Å². The maximum Gasteiger partial charge on any atom is 0.151 e. The van der Waals surface area contributed by atoms with Crippen LogP contribution in [0.15, 0.2) is 36.8 Å². The lowest BCUT2D eigenvalue weighted by molar-refractivity contribution is 0.280. The highest BCUT2D eigenvalue weighted by molar-refractivity contribution is 5.58. The van der Waals surface area contributed by atoms with Crippen LogP contribution in [0.2, 0.25) is 0 Å². The minimum atomic E-state index is -0.0796. The number of ether oxygens (including phenoxy) is 1. The highest BCUT2D eigenvalue weighted by Gasteiger charge is 2.24. The molecule has 1 saturated carbocycles. The van der Waals surface area contributed by atoms with E-state index in [2.05, 4.69) is 54.8 Å². The van der Waals surface area contributed by atoms with Gasteiger partial charge >= 0.3 is 0 Å². The highest BCUT2D eigenvalue weighted by atomic mass is 16.5. The lowest BCUT2D eigenvalue weighted by Gasteiger charge is -2.35. The zero-order valence-electron chi connectivity index (χ0n) is 20.1. The van der Waals surface area contributed by atoms with Gasteiger partial charge in [0, 0.05) is 30.9 Å². The van der Waals surface area contributed by atoms with Gasteiger partial charge in [0.2, 0.25) is 0 Å². The van der Waals surface area contributed by atoms with Crippen LogP contribution in [0, 0.1) is 5.92 Å². The van der Waals surface area contributed by atoms with Gasteiger partial charge in [0.05, 0.1) is 30.7 Å². The van der Waals surface area contributed by atoms with Gasteiger partial charge in [-0.2, -0.15) is 5.10 Å². The van der Waals surface area contributed by atoms with E-state index >= 15 is 0 Å². The number of hydrogen-bond acceptors (Lipinski definition) is 8. The van der Waals surface area contributed by atoms with E-state index in [1.807, 2.05) is 23.9 Å². The zero-order valence-corrected chi connectivity index (χ0v) is 20.1. The third-order valence-electron chi connectivity index (χ3n) is 6.99. The van der Waals surface area contributed by atoms with Gasteiger partial charge in [0.25, 0.3) is 0 Å². The Morgan fingerprint density at radius 2 is 2.03 bits per heavy atom. The summed E-state index contributed by atoms with van der Waals surface area (Å²) in [6.45, 7) is 7.79. The van der Waals surface area contributed by atoms with Crippen molar-refractivity contribution < 1.29 is 4.74 Å². The van der Waals surface area contributed by atoms with Crippen LogP contribution in [-0.4, -0.2) is 62.5 Å². The lowest BCUT2D eigenvalue weighted by Crippen LogP contribution is -2.47. The number of hydrogen-bond donors (Lipinski definition) is 1. The van der Waals surface area contributed by atoms with Gasteiger partial charge in [-0.25, -0.2) is 4.68 Å². The number of rotatable bonds is 9. The molecule has 0 spiro atoms. The van der Waals surface area contributed by atoms with Crippen molar-refractivity contribution in [3.8, 4) is 17.0 Å². The van der Waals surface area contributed by atoms with Crippen LogP contribution >= 0.6 is 0 Å². The first kappa shape index (κ1) is 22.7. The summed E-state index contributed by atoms with van der Waals surface area (Å²) in [5.41, 5.74) is 2.48. The molecule has 0 amide bonds. The first-order valence-electron chi connectivity index (χ1n) is 12.5. The molecule has 1 aliphatic carbocycles. The van der Waals surface area contributed by atoms with Crippen LogP contribution in [0.4, 0.5) is 5.82 Å². The Hall–Kier alpha value is -3.07. The van der Waals surface area contributed by atoms with Crippen LogP contribution < -0.4 is 15.0 Å². The van der Waals surface area contributed by atoms with E-state index in [1.165, 1.54) is 32.1 Å². The number of nitrogens with zero attached hydrogens (tertiary/aromatic N) is 7. The fourth-order valence-corrected chi connectivity index (χ4v) is 4.65. The standard InChI is InChI=1S/C25H34N8O/c1-3-34-22-12-20(14-26-15-22)24-17-33(31-29-24)18(2)23-9-10-25(30-28-23)32-11-5-8-21(16-32)27-13-19-6-4-7-19/h9-10,12,14-15,17-19,21,27H,3-8,11,13,16H2,1-2H3/t18?,21-/m1/s1. The Bertz CT molecular complexity index is 1060. The van der Waals surface area contributed by atoms with Crippen LogP contribution in [0.5, 0.6) is 5.75 Å². The second-order valence-electron chi connectivity index (χ2n) is 9.41. The largest absolute Gasteiger partial charge is 0.492 e. The average Bonchev–Trinajstić information content (AvgIpc) is 3.34. The fourth-order valence-electron chi connectivity index (χ4n) is 4.65. The Kier molecular flexibility index (Phi) is 6.99. The monoisotopic (exact) mass is 462 g/mol. The molecule has 1 aliphatic heterocycles. The van der Waals surface area contributed by atoms with Crippen molar-refractivity contribution in [3.63, 3.8) is 0 Å². The summed E-state index contributed by atoms with van der Waals surface area (Å²) in [6, 6.07) is 6.53. The molecule has 1 saturated heterocycles. The molecule has 0 bridgehead atoms. The molecule has 2 atom stereocenters. The zero-order chi connectivity index (χ0) is 23.3. The summed E-state index contributed by atoms with van der Waals surface area (Å²) in [5, 5.41) is 21.5. The maximum atomic E-state index is 5.55. The smallest absolute Gasteiger partial charge is 0.151 e. The van der Waals surface area contributed by atoms with Crippen molar-refractivity contribution >= 4 is 5.82 Å². The van der Waals surface area contributed by atoms with E-state index in [4.69, 9.17) is 4.74 Å². The molecule has 0 radical (unpaired) electrons. The van der Waals surface area contributed by atoms with E-state index in [1.54, 1.807) is 12.4 Å². The topological polar surface area (TPSA) is 93.9 Å². The third-order valence-corrected chi connectivity index (χ3v) is 6.99. The van der Waals surface area contributed by atoms with Crippen molar-refractivity contribution in [1.29, 1.82) is 0 Å². The quantitative estimate of drug-likeness (QED) is 0.516. The Balaban J connectivity index is 1.21. The second kappa shape index (κ2) is 10.5. The molecule has 9 heteroatoms. The molecule has 180 valence electrons. The van der Waals surface area contributed by atoms with Gasteiger partial charge in [0.1, 0.15) is 11.4 Å². The van der Waals surface area contributed by atoms with Gasteiger partial charge in [-0.15, -0.1) is 10.2 Å². The Morgan fingerprint density at radius 3 is 2.79 bits per heavy atom. The van der Waals surface area contributed by atoms with E-state index < -0.39 is 0 Å². The van der Waals surface area contributed by atoms with Crippen LogP contribution in [-0.2, 0) is 0 Å². The number of anilines is 1. The first-order valence-corrected chi connectivity index (χ1v) is 12.5. The van der Waals surface area contributed by atoms with Gasteiger partial charge in [0.15, 0.2) is 5.82 Å². The summed E-state index contributed by atoms with van der Waals surface area (Å²) >= 11 is 0. The van der Waals surface area contributed by atoms with Gasteiger partial charge < -0.3 is 15.0 Å². The van der Waals surface area contributed by atoms with Gasteiger partial charge in [-0.1, -0.05) is 11.6 Å². The van der Waals surface area contributed by atoms with Crippen molar-refractivity contribution in [1.82, 2.24) is 35.5 Å². The predicted octanol–water partition coefficient (Wildman–Crippen LogP) is 3.50. The minimum absolute atomic E-state index is 0.0796. The first-order chi connectivity index (χ1) is 16.7. The van der Waals surface area contributed by atoms with Crippen molar-refractivity contribution in [2.24, 2.45) is 5.92 Å². The molecule has 34 heavy (non-hydrogen) atoms. The molecule has 9 nitrogen and oxygen atoms in total. The number of nitrogens with one attached hydrogen (secondary N) is 1. The van der Waals surface area contributed by atoms with Crippen LogP contribution in [0.1, 0.15) is 57.7 Å². The Labute approximate surface area is 200 Å². The van der Waals surface area contributed by atoms with E-state index in [0.29, 0.717) is 12.6 Å². The summed E-state index contributed by atoms with van der Waals surface area (Å²) < 4.78 is 7.36. The molecular formula is C25H34N8O. The number of pyridine rings is 1. The molecule has 3 aromatic heterocycles. The molecular weight excluding hydrogens is 428 g/mol. The molecule has 1 N–H and O–H groups in total. The molecule has 2 fully saturated rings. The summed E-state index contributed by atoms with van der Waals surface area (Å²) in [7, 11) is 0. The molecule has 4 heterocycles. The lowest BCUT2D eigenvalue weighted by atomic mass is 9.85. The normalized spacial score (nSPS) is 19.6. The maximum absolute atomic E-state index is 5.55. The van der Waals surface area contributed by atoms with Crippen LogP contribution in [0.3, 0.4) is 0 Å². The fraction of sp³-hybridized carbons (Fsp3) is 0.560. The number of aromatic nitrogens is 6. The Morgan fingerprint density at radius 1 is 1.12 bits per heavy atom. The molecule has 2 aliphatic rings.